The predicted molar refractivity (Wildman–Crippen MR) is 98.7 cm³/mol. The summed E-state index contributed by atoms with van der Waals surface area (Å²) in [5.74, 6) is 0.321. The van der Waals surface area contributed by atoms with E-state index in [2.05, 4.69) is 10.6 Å². The summed E-state index contributed by atoms with van der Waals surface area (Å²) in [5, 5.41) is 6.10. The zero-order chi connectivity index (χ0) is 18.9. The van der Waals surface area contributed by atoms with Crippen molar-refractivity contribution in [3.8, 4) is 5.75 Å². The van der Waals surface area contributed by atoms with Crippen LogP contribution in [0.5, 0.6) is 5.75 Å². The quantitative estimate of drug-likeness (QED) is 0.722. The normalized spacial score (nSPS) is 13.1. The lowest BCUT2D eigenvalue weighted by Crippen LogP contribution is -2.42. The Balaban J connectivity index is 2.12. The number of amides is 1. The summed E-state index contributed by atoms with van der Waals surface area (Å²) < 4.78 is 23.5. The van der Waals surface area contributed by atoms with Crippen molar-refractivity contribution in [2.45, 2.75) is 19.0 Å². The van der Waals surface area contributed by atoms with Gasteiger partial charge in [0.1, 0.15) is 11.6 Å². The summed E-state index contributed by atoms with van der Waals surface area (Å²) in [6.07, 6.45) is 0. The van der Waals surface area contributed by atoms with Crippen LogP contribution in [0.25, 0.3) is 0 Å². The fourth-order valence-electron chi connectivity index (χ4n) is 2.69. The first-order valence-electron chi connectivity index (χ1n) is 8.44. The van der Waals surface area contributed by atoms with E-state index in [4.69, 9.17) is 9.47 Å². The van der Waals surface area contributed by atoms with Crippen LogP contribution in [0.15, 0.2) is 48.5 Å². The fourth-order valence-corrected chi connectivity index (χ4v) is 2.69. The highest BCUT2D eigenvalue weighted by Crippen LogP contribution is 2.24. The topological polar surface area (TPSA) is 59.6 Å². The van der Waals surface area contributed by atoms with E-state index in [-0.39, 0.29) is 30.4 Å². The Kier molecular flexibility index (Phi) is 7.56. The average Bonchev–Trinajstić information content (AvgIpc) is 2.64. The van der Waals surface area contributed by atoms with Gasteiger partial charge < -0.3 is 14.8 Å². The smallest absolute Gasteiger partial charge is 0.234 e. The molecule has 0 aliphatic rings. The maximum atomic E-state index is 13.3. The highest BCUT2D eigenvalue weighted by molar-refractivity contribution is 5.78. The molecule has 0 saturated heterocycles. The van der Waals surface area contributed by atoms with Gasteiger partial charge in [0.15, 0.2) is 0 Å². The molecule has 0 fully saturated rings. The first kappa shape index (κ1) is 19.9. The maximum absolute atomic E-state index is 13.3. The van der Waals surface area contributed by atoms with Gasteiger partial charge in [-0.05, 0) is 42.3 Å². The molecule has 1 amide bonds. The third-order valence-electron chi connectivity index (χ3n) is 3.94. The van der Waals surface area contributed by atoms with Crippen molar-refractivity contribution in [2.24, 2.45) is 0 Å². The van der Waals surface area contributed by atoms with Crippen molar-refractivity contribution in [1.29, 1.82) is 0 Å². The lowest BCUT2D eigenvalue weighted by atomic mass is 9.98. The van der Waals surface area contributed by atoms with Gasteiger partial charge in [0, 0.05) is 13.2 Å². The van der Waals surface area contributed by atoms with Gasteiger partial charge in [-0.25, -0.2) is 4.39 Å². The summed E-state index contributed by atoms with van der Waals surface area (Å²) in [6, 6.07) is 13.5. The number of ether oxygens (including phenoxy) is 2. The molecule has 0 bridgehead atoms. The number of rotatable bonds is 9. The number of carbonyl (C=O) groups is 1. The van der Waals surface area contributed by atoms with E-state index in [1.54, 1.807) is 26.4 Å². The SMILES string of the molecule is COC[C@@H](C)NC(=O)CN[C@@H](c1ccc(F)cc1)c1ccc(OC)cc1. The molecule has 0 saturated carbocycles. The third kappa shape index (κ3) is 5.82. The summed E-state index contributed by atoms with van der Waals surface area (Å²) in [7, 11) is 3.20. The lowest BCUT2D eigenvalue weighted by molar-refractivity contribution is -0.121. The Morgan fingerprint density at radius 3 is 2.15 bits per heavy atom. The van der Waals surface area contributed by atoms with Crippen molar-refractivity contribution in [1.82, 2.24) is 10.6 Å². The summed E-state index contributed by atoms with van der Waals surface area (Å²) in [4.78, 5) is 12.1. The van der Waals surface area contributed by atoms with Crippen LogP contribution in [-0.4, -0.2) is 39.3 Å². The summed E-state index contributed by atoms with van der Waals surface area (Å²) in [5.41, 5.74) is 1.82. The Hall–Kier alpha value is -2.44. The number of hydrogen-bond donors (Lipinski definition) is 2. The molecular formula is C20H25FN2O3. The Labute approximate surface area is 153 Å². The molecule has 0 aromatic heterocycles. The summed E-state index contributed by atoms with van der Waals surface area (Å²) in [6.45, 7) is 2.45. The van der Waals surface area contributed by atoms with Crippen molar-refractivity contribution < 1.29 is 18.7 Å². The van der Waals surface area contributed by atoms with E-state index in [1.165, 1.54) is 12.1 Å². The van der Waals surface area contributed by atoms with Gasteiger partial charge in [-0.3, -0.25) is 10.1 Å². The Morgan fingerprint density at radius 2 is 1.62 bits per heavy atom. The summed E-state index contributed by atoms with van der Waals surface area (Å²) >= 11 is 0. The molecule has 2 aromatic rings. The molecule has 0 spiro atoms. The van der Waals surface area contributed by atoms with Crippen molar-refractivity contribution in [2.75, 3.05) is 27.4 Å². The monoisotopic (exact) mass is 360 g/mol. The second-order valence-electron chi connectivity index (χ2n) is 6.06. The van der Waals surface area contributed by atoms with Gasteiger partial charge in [-0.15, -0.1) is 0 Å². The van der Waals surface area contributed by atoms with Gasteiger partial charge >= 0.3 is 0 Å². The molecule has 2 N–H and O–H groups in total. The van der Waals surface area contributed by atoms with Gasteiger partial charge in [0.2, 0.25) is 5.91 Å². The Bertz CT molecular complexity index is 689. The van der Waals surface area contributed by atoms with Crippen molar-refractivity contribution in [3.05, 3.63) is 65.5 Å². The molecule has 2 rings (SSSR count). The number of halogens is 1. The molecule has 140 valence electrons. The van der Waals surface area contributed by atoms with E-state index in [0.29, 0.717) is 6.61 Å². The van der Waals surface area contributed by atoms with E-state index in [1.807, 2.05) is 31.2 Å². The Morgan fingerprint density at radius 1 is 1.04 bits per heavy atom. The minimum Gasteiger partial charge on any atom is -0.497 e. The van der Waals surface area contributed by atoms with Gasteiger partial charge in [0.25, 0.3) is 0 Å². The van der Waals surface area contributed by atoms with Crippen LogP contribution in [0.2, 0.25) is 0 Å². The standard InChI is InChI=1S/C20H25FN2O3/c1-14(13-25-2)23-19(24)12-22-20(15-4-8-17(21)9-5-15)16-6-10-18(26-3)11-7-16/h4-11,14,20,22H,12-13H2,1-3H3,(H,23,24)/t14-,20+/m1/s1. The maximum Gasteiger partial charge on any atom is 0.234 e. The molecule has 26 heavy (non-hydrogen) atoms. The van der Waals surface area contributed by atoms with Crippen LogP contribution in [0.1, 0.15) is 24.1 Å². The van der Waals surface area contributed by atoms with Crippen LogP contribution in [0.3, 0.4) is 0 Å². The number of methoxy groups -OCH3 is 2. The van der Waals surface area contributed by atoms with E-state index < -0.39 is 0 Å². The second-order valence-corrected chi connectivity index (χ2v) is 6.06. The first-order chi connectivity index (χ1) is 12.5. The number of benzene rings is 2. The number of hydrogen-bond acceptors (Lipinski definition) is 4. The zero-order valence-electron chi connectivity index (χ0n) is 15.3. The van der Waals surface area contributed by atoms with Gasteiger partial charge in [0.05, 0.1) is 26.3 Å². The van der Waals surface area contributed by atoms with Crippen molar-refractivity contribution >= 4 is 5.91 Å². The minimum atomic E-state index is -0.298. The number of carbonyl (C=O) groups excluding carboxylic acids is 1. The second kappa shape index (κ2) is 9.89. The molecule has 2 atom stereocenters. The van der Waals surface area contributed by atoms with Crippen LogP contribution in [-0.2, 0) is 9.53 Å². The van der Waals surface area contributed by atoms with E-state index in [9.17, 15) is 9.18 Å². The highest BCUT2D eigenvalue weighted by atomic mass is 19.1. The van der Waals surface area contributed by atoms with Crippen LogP contribution in [0.4, 0.5) is 4.39 Å². The highest BCUT2D eigenvalue weighted by Gasteiger charge is 2.16. The third-order valence-corrected chi connectivity index (χ3v) is 3.94. The number of nitrogens with one attached hydrogen (secondary N) is 2. The largest absolute Gasteiger partial charge is 0.497 e. The van der Waals surface area contributed by atoms with E-state index >= 15 is 0 Å². The van der Waals surface area contributed by atoms with E-state index in [0.717, 1.165) is 16.9 Å². The minimum absolute atomic E-state index is 0.0699. The molecule has 0 radical (unpaired) electrons. The molecule has 6 heteroatoms. The molecule has 0 aliphatic heterocycles. The average molecular weight is 360 g/mol. The molecule has 2 aromatic carbocycles. The molecule has 0 unspecified atom stereocenters. The molecular weight excluding hydrogens is 335 g/mol. The zero-order valence-corrected chi connectivity index (χ0v) is 15.3. The predicted octanol–water partition coefficient (Wildman–Crippen LogP) is 2.66. The van der Waals surface area contributed by atoms with Crippen molar-refractivity contribution in [3.63, 3.8) is 0 Å². The molecule has 5 nitrogen and oxygen atoms in total. The first-order valence-corrected chi connectivity index (χ1v) is 8.44. The van der Waals surface area contributed by atoms with Gasteiger partial charge in [-0.2, -0.15) is 0 Å². The van der Waals surface area contributed by atoms with Gasteiger partial charge in [-0.1, -0.05) is 24.3 Å². The molecule has 0 aliphatic carbocycles. The van der Waals surface area contributed by atoms with Crippen LogP contribution in [0, 0.1) is 5.82 Å². The fraction of sp³-hybridized carbons (Fsp3) is 0.350. The van der Waals surface area contributed by atoms with Crippen LogP contribution < -0.4 is 15.4 Å². The lowest BCUT2D eigenvalue weighted by Gasteiger charge is -2.21. The van der Waals surface area contributed by atoms with Crippen LogP contribution >= 0.6 is 0 Å². The molecule has 0 heterocycles.